The first kappa shape index (κ1) is 40.8. The SMILES string of the molecule is CCCCCCCCCCCCCOc1ccc(-c2c3ccc([nH]3)c(-c3ccc([N+](=O)[O-])cc3)c3nc(c4ccc([nH]4)c(-c4ccc([N+](=O)[O-])cc4)c4ccc2[nH]4)C=C3)cc1. The first-order valence-electron chi connectivity index (χ1n) is 21.4. The Morgan fingerprint density at radius 2 is 0.836 bits per heavy atom. The van der Waals surface area contributed by atoms with Crippen LogP contribution in [0.25, 0.3) is 78.6 Å². The smallest absolute Gasteiger partial charge is 0.269 e. The number of aromatic amines is 3. The molecule has 1 aliphatic heterocycles. The van der Waals surface area contributed by atoms with Crippen molar-refractivity contribution in [2.75, 3.05) is 6.61 Å². The van der Waals surface area contributed by atoms with Gasteiger partial charge in [-0.3, -0.25) is 20.2 Å². The summed E-state index contributed by atoms with van der Waals surface area (Å²) in [6, 6.07) is 33.4. The van der Waals surface area contributed by atoms with Crippen LogP contribution in [0.5, 0.6) is 5.75 Å². The van der Waals surface area contributed by atoms with Crippen LogP contribution in [-0.2, 0) is 0 Å². The Balaban J connectivity index is 1.18. The van der Waals surface area contributed by atoms with Crippen molar-refractivity contribution < 1.29 is 14.6 Å². The van der Waals surface area contributed by atoms with Gasteiger partial charge in [-0.2, -0.15) is 0 Å². The maximum absolute atomic E-state index is 11.6. The molecule has 1 aliphatic rings. The van der Waals surface area contributed by atoms with E-state index in [2.05, 4.69) is 34.0 Å². The first-order chi connectivity index (χ1) is 29.9. The molecule has 0 fully saturated rings. The molecule has 0 radical (unpaired) electrons. The number of H-pyrrole nitrogens is 3. The molecule has 11 heteroatoms. The van der Waals surface area contributed by atoms with Crippen LogP contribution in [0, 0.1) is 20.2 Å². The molecule has 3 aromatic carbocycles. The number of hydrogen-bond donors (Lipinski definition) is 3. The number of benzene rings is 3. The fraction of sp³-hybridized carbons (Fsp3) is 0.260. The van der Waals surface area contributed by atoms with Crippen molar-refractivity contribution in [2.45, 2.75) is 77.6 Å². The van der Waals surface area contributed by atoms with Crippen molar-refractivity contribution in [3.8, 4) is 39.1 Å². The average molecular weight is 815 g/mol. The van der Waals surface area contributed by atoms with Crippen LogP contribution in [0.4, 0.5) is 11.4 Å². The lowest BCUT2D eigenvalue weighted by molar-refractivity contribution is -0.385. The monoisotopic (exact) mass is 814 g/mol. The molecule has 0 saturated heterocycles. The van der Waals surface area contributed by atoms with Crippen LogP contribution in [0.2, 0.25) is 0 Å². The van der Waals surface area contributed by atoms with Gasteiger partial charge in [0.15, 0.2) is 0 Å². The minimum Gasteiger partial charge on any atom is -0.494 e. The molecule has 3 N–H and O–H groups in total. The molecule has 0 amide bonds. The fourth-order valence-electron chi connectivity index (χ4n) is 8.24. The van der Waals surface area contributed by atoms with Crippen molar-refractivity contribution in [3.05, 3.63) is 141 Å². The number of nitro groups is 2. The molecule has 5 heterocycles. The fourth-order valence-corrected chi connectivity index (χ4v) is 8.24. The number of aromatic nitrogens is 4. The molecule has 0 spiro atoms. The van der Waals surface area contributed by atoms with Crippen molar-refractivity contribution in [3.63, 3.8) is 0 Å². The first-order valence-corrected chi connectivity index (χ1v) is 21.4. The van der Waals surface area contributed by atoms with Gasteiger partial charge >= 0.3 is 0 Å². The predicted octanol–water partition coefficient (Wildman–Crippen LogP) is 14.2. The van der Waals surface area contributed by atoms with Crippen LogP contribution in [0.15, 0.2) is 109 Å². The standard InChI is InChI=1S/C50H50N6O5/c1-2-3-4-5-6-7-8-9-10-11-12-33-61-39-23-17-36(18-24-39)50-46-31-29-44(53-46)48(34-13-19-37(20-14-34)55(57)58)42-27-25-40(51-42)41-26-28-43(52-41)49(45-30-32-47(50)54-45)35-15-21-38(22-16-35)56(59)60/h13-32,51,53-54H,2-12,33H2,1H3. The molecule has 4 aromatic heterocycles. The number of nitrogens with zero attached hydrogens (tertiary/aromatic N) is 3. The van der Waals surface area contributed by atoms with Gasteiger partial charge in [0.05, 0.1) is 33.4 Å². The van der Waals surface area contributed by atoms with Gasteiger partial charge in [-0.1, -0.05) is 83.3 Å². The quantitative estimate of drug-likeness (QED) is 0.0445. The normalized spacial score (nSPS) is 11.7. The average Bonchev–Trinajstić information content (AvgIpc) is 4.12. The van der Waals surface area contributed by atoms with E-state index in [9.17, 15) is 20.2 Å². The van der Waals surface area contributed by atoms with Gasteiger partial charge in [-0.25, -0.2) is 4.98 Å². The molecule has 0 atom stereocenters. The third-order valence-electron chi connectivity index (χ3n) is 11.5. The highest BCUT2D eigenvalue weighted by atomic mass is 16.6. The number of fused-ring (bicyclic) bond motifs is 9. The van der Waals surface area contributed by atoms with Gasteiger partial charge in [-0.05, 0) is 108 Å². The van der Waals surface area contributed by atoms with Crippen LogP contribution >= 0.6 is 0 Å². The number of nitrogens with one attached hydrogen (secondary N) is 3. The van der Waals surface area contributed by atoms with Crippen LogP contribution in [-0.4, -0.2) is 36.4 Å². The molecule has 8 rings (SSSR count). The van der Waals surface area contributed by atoms with E-state index in [1.807, 2.05) is 60.7 Å². The van der Waals surface area contributed by atoms with E-state index in [-0.39, 0.29) is 11.4 Å². The molecule has 7 aromatic rings. The highest BCUT2D eigenvalue weighted by molar-refractivity contribution is 6.00. The molecular weight excluding hydrogens is 765 g/mol. The predicted molar refractivity (Wildman–Crippen MR) is 247 cm³/mol. The Hall–Kier alpha value is -7.01. The minimum absolute atomic E-state index is 0.00760. The summed E-state index contributed by atoms with van der Waals surface area (Å²) in [6.45, 7) is 2.94. The zero-order chi connectivity index (χ0) is 42.1. The van der Waals surface area contributed by atoms with Crippen molar-refractivity contribution in [2.24, 2.45) is 0 Å². The molecule has 61 heavy (non-hydrogen) atoms. The topological polar surface area (TPSA) is 156 Å². The number of rotatable bonds is 18. The van der Waals surface area contributed by atoms with Crippen LogP contribution in [0.3, 0.4) is 0 Å². The Morgan fingerprint density at radius 3 is 1.31 bits per heavy atom. The largest absolute Gasteiger partial charge is 0.494 e. The highest BCUT2D eigenvalue weighted by Crippen LogP contribution is 2.37. The zero-order valence-electron chi connectivity index (χ0n) is 34.4. The van der Waals surface area contributed by atoms with Gasteiger partial charge in [-0.15, -0.1) is 0 Å². The summed E-state index contributed by atoms with van der Waals surface area (Å²) < 4.78 is 6.21. The third-order valence-corrected chi connectivity index (χ3v) is 11.5. The van der Waals surface area contributed by atoms with Crippen molar-refractivity contribution in [1.82, 2.24) is 19.9 Å². The lowest BCUT2D eigenvalue weighted by Gasteiger charge is -2.08. The van der Waals surface area contributed by atoms with Gasteiger partial charge in [0.25, 0.3) is 11.4 Å². The van der Waals surface area contributed by atoms with E-state index in [0.29, 0.717) is 12.3 Å². The van der Waals surface area contributed by atoms with E-state index in [4.69, 9.17) is 9.72 Å². The van der Waals surface area contributed by atoms with E-state index >= 15 is 0 Å². The summed E-state index contributed by atoms with van der Waals surface area (Å²) in [5.41, 5.74) is 11.4. The highest BCUT2D eigenvalue weighted by Gasteiger charge is 2.17. The Labute approximate surface area is 354 Å². The van der Waals surface area contributed by atoms with Gasteiger partial charge < -0.3 is 19.7 Å². The molecule has 11 nitrogen and oxygen atoms in total. The van der Waals surface area contributed by atoms with Crippen molar-refractivity contribution in [1.29, 1.82) is 0 Å². The Bertz CT molecular complexity index is 2800. The zero-order valence-corrected chi connectivity index (χ0v) is 34.4. The van der Waals surface area contributed by atoms with Gasteiger partial charge in [0.1, 0.15) is 5.75 Å². The summed E-state index contributed by atoms with van der Waals surface area (Å²) in [5, 5.41) is 23.1. The van der Waals surface area contributed by atoms with Crippen molar-refractivity contribution >= 4 is 56.6 Å². The summed E-state index contributed by atoms with van der Waals surface area (Å²) in [7, 11) is 0. The summed E-state index contributed by atoms with van der Waals surface area (Å²) in [4.78, 5) is 38.4. The minimum atomic E-state index is -0.401. The van der Waals surface area contributed by atoms with E-state index in [1.54, 1.807) is 24.3 Å². The molecule has 0 saturated carbocycles. The second-order valence-electron chi connectivity index (χ2n) is 15.7. The van der Waals surface area contributed by atoms with Crippen LogP contribution in [0.1, 0.15) is 88.9 Å². The number of non-ortho nitro benzene ring substituents is 2. The van der Waals surface area contributed by atoms with Gasteiger partial charge in [0, 0.05) is 68.5 Å². The summed E-state index contributed by atoms with van der Waals surface area (Å²) in [5.74, 6) is 0.816. The number of hydrogen-bond acceptors (Lipinski definition) is 6. The summed E-state index contributed by atoms with van der Waals surface area (Å²) >= 11 is 0. The second-order valence-corrected chi connectivity index (χ2v) is 15.7. The molecule has 0 aliphatic carbocycles. The lowest BCUT2D eigenvalue weighted by Crippen LogP contribution is -1.97. The lowest BCUT2D eigenvalue weighted by atomic mass is 10.0. The summed E-state index contributed by atoms with van der Waals surface area (Å²) in [6.07, 6.45) is 18.0. The van der Waals surface area contributed by atoms with E-state index in [0.717, 1.165) is 84.3 Å². The number of ether oxygens (including phenoxy) is 1. The molecule has 8 bridgehead atoms. The van der Waals surface area contributed by atoms with Gasteiger partial charge in [0.2, 0.25) is 0 Å². The maximum atomic E-state index is 11.6. The Morgan fingerprint density at radius 1 is 0.459 bits per heavy atom. The van der Waals surface area contributed by atoms with E-state index < -0.39 is 9.85 Å². The second kappa shape index (κ2) is 18.9. The Kier molecular flexibility index (Phi) is 12.6. The molecule has 310 valence electrons. The molecular formula is C50H50N6O5. The molecule has 0 unspecified atom stereocenters. The van der Waals surface area contributed by atoms with E-state index in [1.165, 1.54) is 88.5 Å². The van der Waals surface area contributed by atoms with Crippen LogP contribution < -0.4 is 4.74 Å². The number of unbranched alkanes of at least 4 members (excludes halogenated alkanes) is 10. The third kappa shape index (κ3) is 9.41. The maximum Gasteiger partial charge on any atom is 0.269 e. The number of nitro benzene ring substituents is 2.